The number of halogens is 1. The van der Waals surface area contributed by atoms with Crippen molar-refractivity contribution in [3.05, 3.63) is 82.5 Å². The third-order valence-corrected chi connectivity index (χ3v) is 4.73. The molecule has 120 valence electrons. The van der Waals surface area contributed by atoms with E-state index in [1.165, 1.54) is 28.8 Å². The summed E-state index contributed by atoms with van der Waals surface area (Å²) in [6, 6.07) is 15.6. The summed E-state index contributed by atoms with van der Waals surface area (Å²) in [6.45, 7) is 1.94. The number of allylic oxidation sites excluding steroid dienone is 2. The predicted molar refractivity (Wildman–Crippen MR) is 102 cm³/mol. The first-order chi connectivity index (χ1) is 11.5. The predicted octanol–water partition coefficient (Wildman–Crippen LogP) is 5.18. The van der Waals surface area contributed by atoms with Gasteiger partial charge < -0.3 is 0 Å². The number of thiocarbonyl (C=S) groups is 1. The fourth-order valence-electron chi connectivity index (χ4n) is 2.34. The molecule has 0 saturated carbocycles. The fraction of sp³-hybridized carbons (Fsp3) is 0.0526. The van der Waals surface area contributed by atoms with Gasteiger partial charge in [0.1, 0.15) is 5.82 Å². The zero-order valence-electron chi connectivity index (χ0n) is 12.9. The molecule has 0 aliphatic carbocycles. The van der Waals surface area contributed by atoms with Crippen molar-refractivity contribution in [2.75, 3.05) is 4.90 Å². The Bertz CT molecular complexity index is 841. The van der Waals surface area contributed by atoms with Crippen LogP contribution < -0.4 is 4.90 Å². The lowest BCUT2D eigenvalue weighted by atomic mass is 10.1. The molecule has 0 N–H and O–H groups in total. The molecule has 1 aliphatic heterocycles. The normalized spacial score (nSPS) is 17.0. The Morgan fingerprint density at radius 1 is 1.12 bits per heavy atom. The van der Waals surface area contributed by atoms with Crippen molar-refractivity contribution in [3.63, 3.8) is 0 Å². The molecular weight excluding hydrogens is 341 g/mol. The van der Waals surface area contributed by atoms with Crippen LogP contribution >= 0.6 is 24.0 Å². The average Bonchev–Trinajstić information content (AvgIpc) is 2.83. The van der Waals surface area contributed by atoms with Gasteiger partial charge in [-0.1, -0.05) is 60.4 Å². The van der Waals surface area contributed by atoms with E-state index in [4.69, 9.17) is 12.2 Å². The lowest BCUT2D eigenvalue weighted by Crippen LogP contribution is -2.27. The van der Waals surface area contributed by atoms with E-state index in [1.807, 2.05) is 49.4 Å². The second-order valence-electron chi connectivity index (χ2n) is 5.29. The van der Waals surface area contributed by atoms with Gasteiger partial charge in [0, 0.05) is 0 Å². The number of rotatable bonds is 3. The molecule has 0 atom stereocenters. The van der Waals surface area contributed by atoms with E-state index in [2.05, 4.69) is 0 Å². The smallest absolute Gasteiger partial charge is 0.268 e. The monoisotopic (exact) mass is 355 g/mol. The van der Waals surface area contributed by atoms with Crippen molar-refractivity contribution in [2.45, 2.75) is 6.92 Å². The molecule has 1 aliphatic rings. The minimum absolute atomic E-state index is 0.183. The van der Waals surface area contributed by atoms with Gasteiger partial charge >= 0.3 is 0 Å². The Labute approximate surface area is 149 Å². The molecule has 2 aromatic rings. The van der Waals surface area contributed by atoms with Gasteiger partial charge in [-0.25, -0.2) is 4.39 Å². The number of thioether (sulfide) groups is 1. The summed E-state index contributed by atoms with van der Waals surface area (Å²) in [4.78, 5) is 14.6. The van der Waals surface area contributed by atoms with Gasteiger partial charge in [0.2, 0.25) is 0 Å². The molecule has 0 radical (unpaired) electrons. The van der Waals surface area contributed by atoms with Crippen LogP contribution in [0.1, 0.15) is 12.5 Å². The SMILES string of the molecule is CC(=C/c1ccccc1)/C=C1/SC(=S)N(c2ccc(F)cc2)C1=O. The summed E-state index contributed by atoms with van der Waals surface area (Å²) >= 11 is 6.56. The highest BCUT2D eigenvalue weighted by Gasteiger charge is 2.33. The minimum atomic E-state index is -0.346. The van der Waals surface area contributed by atoms with Gasteiger partial charge in [-0.3, -0.25) is 9.69 Å². The highest BCUT2D eigenvalue weighted by atomic mass is 32.2. The van der Waals surface area contributed by atoms with Gasteiger partial charge in [-0.05, 0) is 48.4 Å². The van der Waals surface area contributed by atoms with Crippen molar-refractivity contribution in [2.24, 2.45) is 0 Å². The van der Waals surface area contributed by atoms with E-state index in [-0.39, 0.29) is 11.7 Å². The maximum absolute atomic E-state index is 13.1. The lowest BCUT2D eigenvalue weighted by Gasteiger charge is -2.14. The molecule has 2 aromatic carbocycles. The minimum Gasteiger partial charge on any atom is -0.268 e. The maximum atomic E-state index is 13.1. The summed E-state index contributed by atoms with van der Waals surface area (Å²) < 4.78 is 13.5. The Balaban J connectivity index is 1.85. The van der Waals surface area contributed by atoms with Gasteiger partial charge in [0.15, 0.2) is 4.32 Å². The first-order valence-corrected chi connectivity index (χ1v) is 8.54. The third kappa shape index (κ3) is 3.63. The van der Waals surface area contributed by atoms with Crippen molar-refractivity contribution >= 4 is 46.0 Å². The molecule has 1 saturated heterocycles. The van der Waals surface area contributed by atoms with Gasteiger partial charge in [0.05, 0.1) is 10.6 Å². The lowest BCUT2D eigenvalue weighted by molar-refractivity contribution is -0.113. The maximum Gasteiger partial charge on any atom is 0.270 e. The zero-order chi connectivity index (χ0) is 17.1. The molecule has 0 bridgehead atoms. The van der Waals surface area contributed by atoms with E-state index in [0.717, 1.165) is 11.1 Å². The van der Waals surface area contributed by atoms with Crippen LogP contribution in [0.5, 0.6) is 0 Å². The molecule has 1 fully saturated rings. The van der Waals surface area contributed by atoms with Crippen LogP contribution in [0.4, 0.5) is 10.1 Å². The second-order valence-corrected chi connectivity index (χ2v) is 6.97. The van der Waals surface area contributed by atoms with Crippen LogP contribution in [0, 0.1) is 5.82 Å². The Morgan fingerprint density at radius 2 is 1.79 bits per heavy atom. The van der Waals surface area contributed by atoms with E-state index >= 15 is 0 Å². The van der Waals surface area contributed by atoms with Crippen LogP contribution in [0.2, 0.25) is 0 Å². The van der Waals surface area contributed by atoms with Gasteiger partial charge in [-0.15, -0.1) is 0 Å². The van der Waals surface area contributed by atoms with Crippen LogP contribution in [-0.4, -0.2) is 10.2 Å². The van der Waals surface area contributed by atoms with E-state index in [9.17, 15) is 9.18 Å². The number of benzene rings is 2. The highest BCUT2D eigenvalue weighted by Crippen LogP contribution is 2.35. The number of carbonyl (C=O) groups is 1. The largest absolute Gasteiger partial charge is 0.270 e. The standard InChI is InChI=1S/C19H14FNOS2/c1-13(11-14-5-3-2-4-6-14)12-17-18(22)21(19(23)24-17)16-9-7-15(20)8-10-16/h2-12H,1H3/b13-11-,17-12+. The molecule has 3 rings (SSSR count). The second kappa shape index (κ2) is 7.11. The van der Waals surface area contributed by atoms with Gasteiger partial charge in [0.25, 0.3) is 5.91 Å². The summed E-state index contributed by atoms with van der Waals surface area (Å²) in [5.74, 6) is -0.529. The Morgan fingerprint density at radius 3 is 2.46 bits per heavy atom. The van der Waals surface area contributed by atoms with Crippen molar-refractivity contribution in [3.8, 4) is 0 Å². The summed E-state index contributed by atoms with van der Waals surface area (Å²) in [6.07, 6.45) is 3.83. The summed E-state index contributed by atoms with van der Waals surface area (Å²) in [5.41, 5.74) is 2.60. The van der Waals surface area contributed by atoms with E-state index in [1.54, 1.807) is 12.1 Å². The quantitative estimate of drug-likeness (QED) is 0.559. The molecule has 2 nitrogen and oxygen atoms in total. The third-order valence-electron chi connectivity index (χ3n) is 3.43. The van der Waals surface area contributed by atoms with E-state index in [0.29, 0.717) is 14.9 Å². The van der Waals surface area contributed by atoms with Crippen LogP contribution in [0.3, 0.4) is 0 Å². The zero-order valence-corrected chi connectivity index (χ0v) is 14.5. The fourth-order valence-corrected chi connectivity index (χ4v) is 3.69. The van der Waals surface area contributed by atoms with Crippen LogP contribution in [0.25, 0.3) is 6.08 Å². The number of amides is 1. The topological polar surface area (TPSA) is 20.3 Å². The van der Waals surface area contributed by atoms with Crippen LogP contribution in [0.15, 0.2) is 71.2 Å². The first-order valence-electron chi connectivity index (χ1n) is 7.31. The molecule has 1 amide bonds. The summed E-state index contributed by atoms with van der Waals surface area (Å²) in [7, 11) is 0. The summed E-state index contributed by atoms with van der Waals surface area (Å²) in [5, 5.41) is 0. The molecule has 24 heavy (non-hydrogen) atoms. The van der Waals surface area contributed by atoms with Gasteiger partial charge in [-0.2, -0.15) is 0 Å². The number of nitrogens with zero attached hydrogens (tertiary/aromatic N) is 1. The number of anilines is 1. The van der Waals surface area contributed by atoms with Crippen molar-refractivity contribution < 1.29 is 9.18 Å². The highest BCUT2D eigenvalue weighted by molar-refractivity contribution is 8.27. The number of hydrogen-bond donors (Lipinski definition) is 0. The molecular formula is C19H14FNOS2. The van der Waals surface area contributed by atoms with Crippen molar-refractivity contribution in [1.29, 1.82) is 0 Å². The van der Waals surface area contributed by atoms with Crippen molar-refractivity contribution in [1.82, 2.24) is 0 Å². The Kier molecular flexibility index (Phi) is 4.92. The average molecular weight is 355 g/mol. The van der Waals surface area contributed by atoms with E-state index < -0.39 is 0 Å². The molecule has 0 aromatic heterocycles. The number of hydrogen-bond acceptors (Lipinski definition) is 3. The molecule has 1 heterocycles. The number of carbonyl (C=O) groups excluding carboxylic acids is 1. The molecule has 0 unspecified atom stereocenters. The molecule has 0 spiro atoms. The first kappa shape index (κ1) is 16.6. The van der Waals surface area contributed by atoms with Crippen LogP contribution in [-0.2, 0) is 4.79 Å². The molecule has 5 heteroatoms. The Hall–Kier alpha value is -2.24.